The van der Waals surface area contributed by atoms with E-state index < -0.39 is 11.5 Å². The Morgan fingerprint density at radius 3 is 2.50 bits per heavy atom. The predicted molar refractivity (Wildman–Crippen MR) is 48.0 cm³/mol. The summed E-state index contributed by atoms with van der Waals surface area (Å²) in [6, 6.07) is 0.166. The fourth-order valence-corrected chi connectivity index (χ4v) is 1.47. The number of aromatic nitrogens is 2. The zero-order valence-corrected chi connectivity index (χ0v) is 8.17. The van der Waals surface area contributed by atoms with E-state index in [2.05, 4.69) is 5.10 Å². The van der Waals surface area contributed by atoms with E-state index in [0.717, 1.165) is 0 Å². The van der Waals surface area contributed by atoms with Gasteiger partial charge in [0.05, 0.1) is 6.20 Å². The van der Waals surface area contributed by atoms with E-state index in [1.807, 2.05) is 13.8 Å². The van der Waals surface area contributed by atoms with Crippen LogP contribution in [0.1, 0.15) is 31.9 Å². The van der Waals surface area contributed by atoms with Crippen molar-refractivity contribution < 1.29 is 8.78 Å². The number of hydrogen-bond donors (Lipinski definition) is 1. The van der Waals surface area contributed by atoms with Crippen LogP contribution in [0.15, 0.2) is 12.4 Å². The molecule has 5 heteroatoms. The minimum Gasteiger partial charge on any atom is -0.316 e. The van der Waals surface area contributed by atoms with Gasteiger partial charge in [0.25, 0.3) is 5.92 Å². The highest BCUT2D eigenvalue weighted by Crippen LogP contribution is 2.57. The standard InChI is InChI=1S/C9H13F2N3/c1-6(2)14-4-7(3-13-14)8(12)5-9(8,10)11/h3-4,6H,5,12H2,1-2H3. The number of hydrogen-bond acceptors (Lipinski definition) is 2. The van der Waals surface area contributed by atoms with Crippen LogP contribution in [0.5, 0.6) is 0 Å². The van der Waals surface area contributed by atoms with Gasteiger partial charge in [-0.1, -0.05) is 0 Å². The molecule has 2 N–H and O–H groups in total. The van der Waals surface area contributed by atoms with Gasteiger partial charge in [0.15, 0.2) is 0 Å². The topological polar surface area (TPSA) is 43.8 Å². The molecule has 0 bridgehead atoms. The fourth-order valence-electron chi connectivity index (χ4n) is 1.47. The lowest BCUT2D eigenvalue weighted by molar-refractivity contribution is 0.0891. The summed E-state index contributed by atoms with van der Waals surface area (Å²) >= 11 is 0. The first-order valence-electron chi connectivity index (χ1n) is 4.58. The zero-order valence-electron chi connectivity index (χ0n) is 8.17. The number of alkyl halides is 2. The SMILES string of the molecule is CC(C)n1cc(C2(N)CC2(F)F)cn1. The maximum Gasteiger partial charge on any atom is 0.272 e. The predicted octanol–water partition coefficient (Wildman–Crippen LogP) is 1.66. The molecule has 1 aromatic rings. The molecule has 1 aliphatic rings. The first-order chi connectivity index (χ1) is 6.37. The molecule has 1 heterocycles. The maximum atomic E-state index is 12.9. The van der Waals surface area contributed by atoms with Crippen LogP contribution in [0.3, 0.4) is 0 Å². The van der Waals surface area contributed by atoms with Crippen molar-refractivity contribution in [2.45, 2.75) is 37.8 Å². The number of nitrogens with two attached hydrogens (primary N) is 1. The molecule has 3 nitrogen and oxygen atoms in total. The fraction of sp³-hybridized carbons (Fsp3) is 0.667. The molecule has 0 saturated heterocycles. The molecule has 1 aliphatic carbocycles. The van der Waals surface area contributed by atoms with Crippen molar-refractivity contribution in [3.8, 4) is 0 Å². The highest BCUT2D eigenvalue weighted by molar-refractivity contribution is 5.32. The van der Waals surface area contributed by atoms with Crippen molar-refractivity contribution in [1.82, 2.24) is 9.78 Å². The van der Waals surface area contributed by atoms with Gasteiger partial charge in [-0.05, 0) is 13.8 Å². The highest BCUT2D eigenvalue weighted by Gasteiger charge is 2.70. The quantitative estimate of drug-likeness (QED) is 0.790. The minimum atomic E-state index is -2.77. The summed E-state index contributed by atoms with van der Waals surface area (Å²) in [7, 11) is 0. The van der Waals surface area contributed by atoms with E-state index in [9.17, 15) is 8.78 Å². The lowest BCUT2D eigenvalue weighted by Crippen LogP contribution is -2.26. The molecule has 78 valence electrons. The number of rotatable bonds is 2. The molecular weight excluding hydrogens is 188 g/mol. The van der Waals surface area contributed by atoms with Crippen molar-refractivity contribution >= 4 is 0 Å². The molecule has 0 radical (unpaired) electrons. The van der Waals surface area contributed by atoms with Crippen LogP contribution in [0, 0.1) is 0 Å². The summed E-state index contributed by atoms with van der Waals surface area (Å²) < 4.78 is 27.5. The molecule has 1 fully saturated rings. The lowest BCUT2D eigenvalue weighted by Gasteiger charge is -2.07. The lowest BCUT2D eigenvalue weighted by atomic mass is 10.1. The van der Waals surface area contributed by atoms with Crippen molar-refractivity contribution in [2.75, 3.05) is 0 Å². The Morgan fingerprint density at radius 2 is 2.14 bits per heavy atom. The van der Waals surface area contributed by atoms with E-state index in [4.69, 9.17) is 5.73 Å². The molecule has 0 aromatic carbocycles. The molecule has 0 spiro atoms. The zero-order chi connectivity index (χ0) is 10.6. The van der Waals surface area contributed by atoms with Gasteiger partial charge >= 0.3 is 0 Å². The van der Waals surface area contributed by atoms with Crippen LogP contribution < -0.4 is 5.73 Å². The summed E-state index contributed by atoms with van der Waals surface area (Å²) in [5, 5.41) is 3.99. The van der Waals surface area contributed by atoms with Crippen LogP contribution in [-0.4, -0.2) is 15.7 Å². The minimum absolute atomic E-state index is 0.166. The maximum absolute atomic E-state index is 12.9. The van der Waals surface area contributed by atoms with Crippen LogP contribution in [0.4, 0.5) is 8.78 Å². The van der Waals surface area contributed by atoms with Crippen molar-refractivity contribution in [2.24, 2.45) is 5.73 Å². The van der Waals surface area contributed by atoms with Gasteiger partial charge in [0, 0.05) is 24.2 Å². The third-order valence-corrected chi connectivity index (χ3v) is 2.67. The van der Waals surface area contributed by atoms with Gasteiger partial charge in [-0.25, -0.2) is 8.78 Å². The summed E-state index contributed by atoms with van der Waals surface area (Å²) in [5.74, 6) is -2.77. The molecule has 0 amide bonds. The van der Waals surface area contributed by atoms with E-state index in [1.165, 1.54) is 6.20 Å². The van der Waals surface area contributed by atoms with Crippen molar-refractivity contribution in [1.29, 1.82) is 0 Å². The Labute approximate surface area is 80.9 Å². The van der Waals surface area contributed by atoms with E-state index >= 15 is 0 Å². The summed E-state index contributed by atoms with van der Waals surface area (Å²) in [6.45, 7) is 3.87. The van der Waals surface area contributed by atoms with Gasteiger partial charge in [0.1, 0.15) is 5.54 Å². The van der Waals surface area contributed by atoms with Gasteiger partial charge in [-0.3, -0.25) is 4.68 Å². The second-order valence-corrected chi connectivity index (χ2v) is 4.16. The average molecular weight is 201 g/mol. The average Bonchev–Trinajstić information content (AvgIpc) is 2.53. The Balaban J connectivity index is 2.27. The molecule has 1 unspecified atom stereocenters. The van der Waals surface area contributed by atoms with Crippen LogP contribution in [-0.2, 0) is 5.54 Å². The molecule has 1 aromatic heterocycles. The summed E-state index contributed by atoms with van der Waals surface area (Å²) in [5.41, 5.74) is 4.51. The van der Waals surface area contributed by atoms with Crippen LogP contribution >= 0.6 is 0 Å². The van der Waals surface area contributed by atoms with Crippen molar-refractivity contribution in [3.63, 3.8) is 0 Å². The number of nitrogens with zero attached hydrogens (tertiary/aromatic N) is 2. The third kappa shape index (κ3) is 1.15. The molecule has 0 aliphatic heterocycles. The molecule has 1 atom stereocenters. The van der Waals surface area contributed by atoms with Crippen molar-refractivity contribution in [3.05, 3.63) is 18.0 Å². The first-order valence-corrected chi connectivity index (χ1v) is 4.58. The third-order valence-electron chi connectivity index (χ3n) is 2.67. The number of halogens is 2. The first kappa shape index (κ1) is 9.58. The Hall–Kier alpha value is -0.970. The second kappa shape index (κ2) is 2.53. The molecule has 14 heavy (non-hydrogen) atoms. The Morgan fingerprint density at radius 1 is 1.57 bits per heavy atom. The second-order valence-electron chi connectivity index (χ2n) is 4.16. The van der Waals surface area contributed by atoms with Gasteiger partial charge in [-0.2, -0.15) is 5.10 Å². The van der Waals surface area contributed by atoms with E-state index in [-0.39, 0.29) is 12.5 Å². The van der Waals surface area contributed by atoms with Gasteiger partial charge in [-0.15, -0.1) is 0 Å². The van der Waals surface area contributed by atoms with E-state index in [0.29, 0.717) is 5.56 Å². The normalized spacial score (nSPS) is 29.6. The molecule has 1 saturated carbocycles. The largest absolute Gasteiger partial charge is 0.316 e. The molecule has 2 rings (SSSR count). The summed E-state index contributed by atoms with van der Waals surface area (Å²) in [6.07, 6.45) is 2.76. The monoisotopic (exact) mass is 201 g/mol. The summed E-state index contributed by atoms with van der Waals surface area (Å²) in [4.78, 5) is 0. The smallest absolute Gasteiger partial charge is 0.272 e. The van der Waals surface area contributed by atoms with Crippen LogP contribution in [0.25, 0.3) is 0 Å². The Kier molecular flexibility index (Phi) is 1.73. The highest BCUT2D eigenvalue weighted by atomic mass is 19.3. The molecular formula is C9H13F2N3. The van der Waals surface area contributed by atoms with E-state index in [1.54, 1.807) is 10.9 Å². The Bertz CT molecular complexity index is 359. The van der Waals surface area contributed by atoms with Gasteiger partial charge in [0.2, 0.25) is 0 Å². The van der Waals surface area contributed by atoms with Gasteiger partial charge < -0.3 is 5.73 Å². The van der Waals surface area contributed by atoms with Crippen LogP contribution in [0.2, 0.25) is 0 Å².